The molecule has 0 saturated carbocycles. The Balaban J connectivity index is 1.45. The first-order valence-electron chi connectivity index (χ1n) is 9.83. The van der Waals surface area contributed by atoms with Crippen LogP contribution in [0, 0.1) is 6.92 Å². The largest absolute Gasteiger partial charge is 0.357 e. The van der Waals surface area contributed by atoms with Crippen molar-refractivity contribution >= 4 is 5.96 Å². The van der Waals surface area contributed by atoms with Crippen molar-refractivity contribution in [3.8, 4) is 0 Å². The lowest BCUT2D eigenvalue weighted by atomic mass is 10.2. The van der Waals surface area contributed by atoms with Gasteiger partial charge in [-0.05, 0) is 25.8 Å². The number of aromatic nitrogens is 2. The number of nitrogens with zero attached hydrogens (tertiary/aromatic N) is 5. The summed E-state index contributed by atoms with van der Waals surface area (Å²) in [7, 11) is 0. The number of rotatable bonds is 7. The van der Waals surface area contributed by atoms with Gasteiger partial charge in [0.25, 0.3) is 0 Å². The lowest BCUT2D eigenvalue weighted by Crippen LogP contribution is -2.52. The van der Waals surface area contributed by atoms with Crippen LogP contribution in [0.15, 0.2) is 39.8 Å². The van der Waals surface area contributed by atoms with Crippen LogP contribution in [0.2, 0.25) is 0 Å². The molecule has 0 unspecified atom stereocenters. The summed E-state index contributed by atoms with van der Waals surface area (Å²) in [5.74, 6) is 2.40. The second-order valence-corrected chi connectivity index (χ2v) is 6.82. The van der Waals surface area contributed by atoms with Gasteiger partial charge in [-0.15, -0.1) is 0 Å². The standard InChI is InChI=1S/C20H30N6O/c1-3-21-20(22-11-7-10-19-23-17(2)24-27-19)26-14-12-25(13-15-26)16-18-8-5-4-6-9-18/h4-6,8-9H,3,7,10-16H2,1-2H3,(H,21,22). The zero-order chi connectivity index (χ0) is 18.9. The number of benzene rings is 1. The average molecular weight is 371 g/mol. The number of hydrogen-bond donors (Lipinski definition) is 1. The maximum atomic E-state index is 5.15. The Labute approximate surface area is 161 Å². The second kappa shape index (κ2) is 10.1. The van der Waals surface area contributed by atoms with E-state index in [1.807, 2.05) is 6.92 Å². The summed E-state index contributed by atoms with van der Waals surface area (Å²) in [6.07, 6.45) is 1.68. The summed E-state index contributed by atoms with van der Waals surface area (Å²) in [6.45, 7) is 10.7. The molecule has 2 heterocycles. The lowest BCUT2D eigenvalue weighted by Gasteiger charge is -2.36. The molecule has 0 radical (unpaired) electrons. The number of piperazine rings is 1. The van der Waals surface area contributed by atoms with Crippen LogP contribution in [0.5, 0.6) is 0 Å². The molecule has 7 heteroatoms. The summed E-state index contributed by atoms with van der Waals surface area (Å²) in [4.78, 5) is 13.9. The summed E-state index contributed by atoms with van der Waals surface area (Å²) < 4.78 is 5.15. The van der Waals surface area contributed by atoms with Gasteiger partial charge in [-0.25, -0.2) is 0 Å². The Morgan fingerprint density at radius 3 is 2.63 bits per heavy atom. The lowest BCUT2D eigenvalue weighted by molar-refractivity contribution is 0.172. The molecule has 0 spiro atoms. The van der Waals surface area contributed by atoms with Gasteiger partial charge in [0.15, 0.2) is 11.8 Å². The fourth-order valence-corrected chi connectivity index (χ4v) is 3.24. The van der Waals surface area contributed by atoms with Gasteiger partial charge < -0.3 is 14.7 Å². The number of aryl methyl sites for hydroxylation is 2. The maximum Gasteiger partial charge on any atom is 0.226 e. The van der Waals surface area contributed by atoms with E-state index in [1.165, 1.54) is 5.56 Å². The number of aliphatic imine (C=N–C) groups is 1. The number of guanidine groups is 1. The molecule has 1 fully saturated rings. The fraction of sp³-hybridized carbons (Fsp3) is 0.550. The molecule has 0 atom stereocenters. The van der Waals surface area contributed by atoms with Gasteiger partial charge in [-0.2, -0.15) is 4.98 Å². The van der Waals surface area contributed by atoms with E-state index in [-0.39, 0.29) is 0 Å². The first-order chi connectivity index (χ1) is 13.2. The van der Waals surface area contributed by atoms with Crippen LogP contribution in [0.4, 0.5) is 0 Å². The fourth-order valence-electron chi connectivity index (χ4n) is 3.24. The highest BCUT2D eigenvalue weighted by atomic mass is 16.5. The molecule has 3 rings (SSSR count). The molecule has 1 aliphatic rings. The van der Waals surface area contributed by atoms with E-state index in [2.05, 4.69) is 62.5 Å². The second-order valence-electron chi connectivity index (χ2n) is 6.82. The van der Waals surface area contributed by atoms with Crippen LogP contribution in [0.25, 0.3) is 0 Å². The van der Waals surface area contributed by atoms with Crippen molar-refractivity contribution in [2.75, 3.05) is 39.3 Å². The third-order valence-corrected chi connectivity index (χ3v) is 4.64. The molecule has 27 heavy (non-hydrogen) atoms. The Hall–Kier alpha value is -2.41. The van der Waals surface area contributed by atoms with Crippen LogP contribution in [-0.2, 0) is 13.0 Å². The van der Waals surface area contributed by atoms with Crippen molar-refractivity contribution in [2.45, 2.75) is 33.2 Å². The number of hydrogen-bond acceptors (Lipinski definition) is 5. The molecule has 0 aliphatic carbocycles. The topological polar surface area (TPSA) is 69.8 Å². The van der Waals surface area contributed by atoms with Gasteiger partial charge >= 0.3 is 0 Å². The predicted molar refractivity (Wildman–Crippen MR) is 107 cm³/mol. The molecule has 1 saturated heterocycles. The van der Waals surface area contributed by atoms with Crippen LogP contribution in [-0.4, -0.2) is 65.2 Å². The van der Waals surface area contributed by atoms with Gasteiger partial charge in [0.2, 0.25) is 5.89 Å². The van der Waals surface area contributed by atoms with E-state index < -0.39 is 0 Å². The molecule has 1 N–H and O–H groups in total. The Bertz CT molecular complexity index is 706. The predicted octanol–water partition coefficient (Wildman–Crippen LogP) is 2.09. The van der Waals surface area contributed by atoms with E-state index >= 15 is 0 Å². The molecule has 2 aromatic rings. The van der Waals surface area contributed by atoms with E-state index in [4.69, 9.17) is 9.52 Å². The van der Waals surface area contributed by atoms with Crippen molar-refractivity contribution < 1.29 is 4.52 Å². The van der Waals surface area contributed by atoms with Gasteiger partial charge in [0.05, 0.1) is 0 Å². The highest BCUT2D eigenvalue weighted by molar-refractivity contribution is 5.80. The molecule has 1 aromatic heterocycles. The minimum atomic E-state index is 0.690. The molecular weight excluding hydrogens is 340 g/mol. The normalized spacial score (nSPS) is 15.9. The molecule has 1 aromatic carbocycles. The summed E-state index contributed by atoms with van der Waals surface area (Å²) in [5.41, 5.74) is 1.38. The molecule has 0 amide bonds. The van der Waals surface area contributed by atoms with Crippen LogP contribution in [0.1, 0.15) is 30.6 Å². The van der Waals surface area contributed by atoms with Gasteiger partial charge in [-0.1, -0.05) is 35.5 Å². The Morgan fingerprint density at radius 1 is 1.19 bits per heavy atom. The zero-order valence-electron chi connectivity index (χ0n) is 16.4. The average Bonchev–Trinajstić information content (AvgIpc) is 3.11. The van der Waals surface area contributed by atoms with E-state index in [9.17, 15) is 0 Å². The van der Waals surface area contributed by atoms with E-state index in [0.717, 1.165) is 64.6 Å². The third kappa shape index (κ3) is 6.06. The first kappa shape index (κ1) is 19.4. The molecule has 7 nitrogen and oxygen atoms in total. The Morgan fingerprint density at radius 2 is 1.96 bits per heavy atom. The van der Waals surface area contributed by atoms with E-state index in [0.29, 0.717) is 11.7 Å². The summed E-state index contributed by atoms with van der Waals surface area (Å²) in [6, 6.07) is 10.7. The zero-order valence-corrected chi connectivity index (χ0v) is 16.4. The summed E-state index contributed by atoms with van der Waals surface area (Å²) >= 11 is 0. The van der Waals surface area contributed by atoms with Gasteiger partial charge in [0.1, 0.15) is 0 Å². The quantitative estimate of drug-likeness (QED) is 0.457. The minimum Gasteiger partial charge on any atom is -0.357 e. The highest BCUT2D eigenvalue weighted by Gasteiger charge is 2.19. The van der Waals surface area contributed by atoms with Crippen LogP contribution < -0.4 is 5.32 Å². The minimum absolute atomic E-state index is 0.690. The Kier molecular flexibility index (Phi) is 7.21. The van der Waals surface area contributed by atoms with E-state index in [1.54, 1.807) is 0 Å². The van der Waals surface area contributed by atoms with Crippen molar-refractivity contribution in [3.05, 3.63) is 47.6 Å². The summed E-state index contributed by atoms with van der Waals surface area (Å²) in [5, 5.41) is 7.25. The first-order valence-corrected chi connectivity index (χ1v) is 9.83. The van der Waals surface area contributed by atoms with Crippen LogP contribution in [0.3, 0.4) is 0 Å². The highest BCUT2D eigenvalue weighted by Crippen LogP contribution is 2.09. The van der Waals surface area contributed by atoms with Gasteiger partial charge in [0, 0.05) is 52.2 Å². The smallest absolute Gasteiger partial charge is 0.226 e. The van der Waals surface area contributed by atoms with Crippen molar-refractivity contribution in [3.63, 3.8) is 0 Å². The van der Waals surface area contributed by atoms with Crippen molar-refractivity contribution in [1.82, 2.24) is 25.3 Å². The van der Waals surface area contributed by atoms with Crippen LogP contribution >= 0.6 is 0 Å². The van der Waals surface area contributed by atoms with Gasteiger partial charge in [-0.3, -0.25) is 9.89 Å². The van der Waals surface area contributed by atoms with Crippen molar-refractivity contribution in [2.24, 2.45) is 4.99 Å². The molecule has 0 bridgehead atoms. The third-order valence-electron chi connectivity index (χ3n) is 4.64. The van der Waals surface area contributed by atoms with Crippen molar-refractivity contribution in [1.29, 1.82) is 0 Å². The molecule has 1 aliphatic heterocycles. The molecule has 146 valence electrons. The number of nitrogens with one attached hydrogen (secondary N) is 1. The SMILES string of the molecule is CCNC(=NCCCc1nc(C)no1)N1CCN(Cc2ccccc2)CC1. The monoisotopic (exact) mass is 370 g/mol. The maximum absolute atomic E-state index is 5.15. The molecular formula is C20H30N6O.